The molecule has 0 atom stereocenters. The van der Waals surface area contributed by atoms with E-state index in [0.29, 0.717) is 17.2 Å². The van der Waals surface area contributed by atoms with E-state index >= 15 is 0 Å². The van der Waals surface area contributed by atoms with Gasteiger partial charge in [0.15, 0.2) is 11.4 Å². The number of nitrogens with zero attached hydrogens (tertiary/aromatic N) is 5. The Morgan fingerprint density at radius 1 is 1.12 bits per heavy atom. The van der Waals surface area contributed by atoms with Gasteiger partial charge in [-0.3, -0.25) is 14.1 Å². The third-order valence-electron chi connectivity index (χ3n) is 5.59. The van der Waals surface area contributed by atoms with Crippen LogP contribution in [0.2, 0.25) is 5.02 Å². The second-order valence-corrected chi connectivity index (χ2v) is 9.13. The highest BCUT2D eigenvalue weighted by Crippen LogP contribution is 2.34. The van der Waals surface area contributed by atoms with Crippen molar-refractivity contribution in [2.24, 2.45) is 4.99 Å². The first kappa shape index (κ1) is 20.7. The molecule has 2 aromatic carbocycles. The van der Waals surface area contributed by atoms with Crippen LogP contribution in [0.4, 0.5) is 0 Å². The molecular formula is C25H16ClN5O2S. The molecule has 0 saturated heterocycles. The summed E-state index contributed by atoms with van der Waals surface area (Å²) >= 11 is 8.06. The summed E-state index contributed by atoms with van der Waals surface area (Å²) in [6.45, 7) is 2.54. The zero-order valence-electron chi connectivity index (χ0n) is 17.9. The monoisotopic (exact) mass is 485 g/mol. The van der Waals surface area contributed by atoms with Gasteiger partial charge in [-0.25, -0.2) is 4.79 Å². The van der Waals surface area contributed by atoms with Crippen LogP contribution in [0, 0.1) is 18.8 Å². The van der Waals surface area contributed by atoms with E-state index in [-0.39, 0.29) is 6.54 Å². The molecule has 0 fully saturated rings. The molecule has 0 saturated carbocycles. The number of fused-ring (bicyclic) bond motifs is 4. The molecule has 0 unspecified atom stereocenters. The summed E-state index contributed by atoms with van der Waals surface area (Å²) in [5.74, 6) is 7.45. The average molecular weight is 486 g/mol. The largest absolute Gasteiger partial charge is 0.420 e. The number of aliphatic imine (C=N–C) groups is 1. The number of halogens is 1. The van der Waals surface area contributed by atoms with Crippen molar-refractivity contribution < 1.29 is 4.42 Å². The van der Waals surface area contributed by atoms with E-state index in [1.165, 1.54) is 15.9 Å². The molecule has 34 heavy (non-hydrogen) atoms. The first-order valence-corrected chi connectivity index (χ1v) is 11.7. The summed E-state index contributed by atoms with van der Waals surface area (Å²) in [7, 11) is 0. The lowest BCUT2D eigenvalue weighted by atomic mass is 10.0. The lowest BCUT2D eigenvalue weighted by Crippen LogP contribution is -2.12. The van der Waals surface area contributed by atoms with E-state index < -0.39 is 5.76 Å². The van der Waals surface area contributed by atoms with Gasteiger partial charge in [-0.05, 0) is 31.2 Å². The maximum Gasteiger partial charge on any atom is 0.420 e. The van der Waals surface area contributed by atoms with Crippen LogP contribution in [-0.2, 0) is 13.1 Å². The van der Waals surface area contributed by atoms with Crippen molar-refractivity contribution in [2.45, 2.75) is 20.0 Å². The van der Waals surface area contributed by atoms with Crippen molar-refractivity contribution in [3.05, 3.63) is 97.8 Å². The summed E-state index contributed by atoms with van der Waals surface area (Å²) in [6, 6.07) is 17.0. The normalized spacial score (nSPS) is 12.5. The van der Waals surface area contributed by atoms with Gasteiger partial charge in [0.05, 0.1) is 22.7 Å². The third-order valence-corrected chi connectivity index (χ3v) is 6.96. The highest BCUT2D eigenvalue weighted by molar-refractivity contribution is 7.15. The third kappa shape index (κ3) is 3.37. The van der Waals surface area contributed by atoms with E-state index in [1.807, 2.05) is 60.0 Å². The van der Waals surface area contributed by atoms with E-state index in [4.69, 9.17) is 21.0 Å². The highest BCUT2D eigenvalue weighted by Gasteiger charge is 2.25. The molecule has 0 spiro atoms. The first-order chi connectivity index (χ1) is 16.6. The van der Waals surface area contributed by atoms with Crippen molar-refractivity contribution >= 4 is 39.7 Å². The number of para-hydroxylation sites is 2. The zero-order chi connectivity index (χ0) is 23.2. The molecule has 166 valence electrons. The summed E-state index contributed by atoms with van der Waals surface area (Å²) in [6.07, 6.45) is 0. The van der Waals surface area contributed by atoms with Gasteiger partial charge >= 0.3 is 5.76 Å². The smallest absolute Gasteiger partial charge is 0.408 e. The Hall–Kier alpha value is -3.93. The maximum absolute atomic E-state index is 12.2. The molecule has 0 bridgehead atoms. The molecule has 0 N–H and O–H groups in total. The summed E-state index contributed by atoms with van der Waals surface area (Å²) in [5, 5.41) is 10.1. The van der Waals surface area contributed by atoms with Crippen LogP contribution in [-0.4, -0.2) is 25.0 Å². The van der Waals surface area contributed by atoms with Gasteiger partial charge in [-0.2, -0.15) is 0 Å². The standard InChI is InChI=1S/C25H16ClN5O2S/c1-15-28-29-22-14-27-23(17-8-2-3-9-19(17)26)18-13-16(34-24(18)31(15)22)7-6-12-30-20-10-4-5-11-21(20)33-25(30)32/h2-5,8-11,13H,12,14H2,1H3. The van der Waals surface area contributed by atoms with E-state index in [0.717, 1.165) is 43.9 Å². The van der Waals surface area contributed by atoms with Gasteiger partial charge in [0.2, 0.25) is 0 Å². The Bertz CT molecular complexity index is 1730. The minimum absolute atomic E-state index is 0.223. The lowest BCUT2D eigenvalue weighted by Gasteiger charge is -2.08. The summed E-state index contributed by atoms with van der Waals surface area (Å²) in [5.41, 5.74) is 3.85. The van der Waals surface area contributed by atoms with Crippen LogP contribution in [0.1, 0.15) is 27.7 Å². The topological polar surface area (TPSA) is 78.2 Å². The van der Waals surface area contributed by atoms with Gasteiger partial charge in [0, 0.05) is 16.1 Å². The molecule has 5 aromatic rings. The Morgan fingerprint density at radius 3 is 2.82 bits per heavy atom. The van der Waals surface area contributed by atoms with Crippen LogP contribution in [0.25, 0.3) is 16.1 Å². The van der Waals surface area contributed by atoms with Crippen LogP contribution in [0.5, 0.6) is 0 Å². The predicted molar refractivity (Wildman–Crippen MR) is 132 cm³/mol. The molecule has 4 heterocycles. The number of hydrogen-bond acceptors (Lipinski definition) is 6. The maximum atomic E-state index is 12.2. The molecule has 1 aliphatic heterocycles. The van der Waals surface area contributed by atoms with Crippen LogP contribution >= 0.6 is 22.9 Å². The number of aromatic nitrogens is 4. The lowest BCUT2D eigenvalue weighted by molar-refractivity contribution is 0.521. The Morgan fingerprint density at radius 2 is 1.94 bits per heavy atom. The van der Waals surface area contributed by atoms with Crippen LogP contribution in [0.15, 0.2) is 68.8 Å². The first-order valence-electron chi connectivity index (χ1n) is 10.5. The number of benzene rings is 2. The summed E-state index contributed by atoms with van der Waals surface area (Å²) < 4.78 is 8.84. The quantitative estimate of drug-likeness (QED) is 0.342. The number of hydrogen-bond donors (Lipinski definition) is 0. The SMILES string of the molecule is Cc1nnc2n1-c1sc(C#CCn3c(=O)oc4ccccc43)cc1C(c1ccccc1Cl)=NC2. The van der Waals surface area contributed by atoms with Crippen molar-refractivity contribution in [3.8, 4) is 16.8 Å². The van der Waals surface area contributed by atoms with Gasteiger partial charge in [-0.15, -0.1) is 21.5 Å². The molecule has 0 aliphatic carbocycles. The second-order valence-electron chi connectivity index (χ2n) is 7.70. The van der Waals surface area contributed by atoms with E-state index in [2.05, 4.69) is 22.0 Å². The van der Waals surface area contributed by atoms with Gasteiger partial charge in [0.1, 0.15) is 17.4 Å². The molecule has 6 rings (SSSR count). The van der Waals surface area contributed by atoms with Crippen molar-refractivity contribution in [2.75, 3.05) is 0 Å². The average Bonchev–Trinajstić information content (AvgIpc) is 3.47. The fourth-order valence-electron chi connectivity index (χ4n) is 4.04. The van der Waals surface area contributed by atoms with E-state index in [1.54, 1.807) is 6.07 Å². The Balaban J connectivity index is 1.44. The minimum Gasteiger partial charge on any atom is -0.408 e. The molecule has 1 aliphatic rings. The number of oxazole rings is 1. The number of aryl methyl sites for hydroxylation is 1. The van der Waals surface area contributed by atoms with Crippen LogP contribution < -0.4 is 5.76 Å². The highest BCUT2D eigenvalue weighted by atomic mass is 35.5. The molecule has 3 aromatic heterocycles. The molecule has 0 radical (unpaired) electrons. The van der Waals surface area contributed by atoms with Gasteiger partial charge < -0.3 is 4.42 Å². The predicted octanol–water partition coefficient (Wildman–Crippen LogP) is 4.60. The fraction of sp³-hybridized carbons (Fsp3) is 0.120. The molecule has 0 amide bonds. The number of rotatable bonds is 2. The fourth-order valence-corrected chi connectivity index (χ4v) is 5.37. The van der Waals surface area contributed by atoms with Crippen molar-refractivity contribution in [3.63, 3.8) is 0 Å². The Labute approximate surface area is 203 Å². The molecule has 9 heteroatoms. The minimum atomic E-state index is -0.421. The van der Waals surface area contributed by atoms with E-state index in [9.17, 15) is 4.79 Å². The summed E-state index contributed by atoms with van der Waals surface area (Å²) in [4.78, 5) is 17.9. The van der Waals surface area contributed by atoms with Gasteiger partial charge in [-0.1, -0.05) is 53.8 Å². The second kappa shape index (κ2) is 8.13. The number of thiophene rings is 1. The Kier molecular flexibility index (Phi) is 4.94. The molecule has 7 nitrogen and oxygen atoms in total. The zero-order valence-corrected chi connectivity index (χ0v) is 19.5. The van der Waals surface area contributed by atoms with Crippen molar-refractivity contribution in [1.82, 2.24) is 19.3 Å². The van der Waals surface area contributed by atoms with Gasteiger partial charge in [0.25, 0.3) is 0 Å². The molecular weight excluding hydrogens is 470 g/mol. The van der Waals surface area contributed by atoms with Crippen LogP contribution in [0.3, 0.4) is 0 Å². The van der Waals surface area contributed by atoms with Crippen molar-refractivity contribution in [1.29, 1.82) is 0 Å².